The number of sulfonamides is 1. The Balaban J connectivity index is 0.00000169. The van der Waals surface area contributed by atoms with Gasteiger partial charge in [0.1, 0.15) is 0 Å². The zero-order valence-electron chi connectivity index (χ0n) is 8.62. The maximum Gasteiger partial charge on any atom is 0.211 e. The quantitative estimate of drug-likeness (QED) is 0.757. The van der Waals surface area contributed by atoms with Crippen LogP contribution in [0.3, 0.4) is 0 Å². The summed E-state index contributed by atoms with van der Waals surface area (Å²) >= 11 is 0. The molecule has 1 aliphatic heterocycles. The number of hydrogen-bond acceptors (Lipinski definition) is 3. The van der Waals surface area contributed by atoms with Gasteiger partial charge in [0.05, 0.1) is 5.75 Å². The van der Waals surface area contributed by atoms with E-state index in [2.05, 4.69) is 17.0 Å². The average Bonchev–Trinajstić information content (AvgIpc) is 2.03. The second kappa shape index (κ2) is 5.90. The van der Waals surface area contributed by atoms with Gasteiger partial charge in [-0.05, 0) is 33.2 Å². The Bertz CT molecular complexity index is 256. The molecule has 0 aliphatic carbocycles. The molecular weight excluding hydrogens is 224 g/mol. The Morgan fingerprint density at radius 2 is 2.14 bits per heavy atom. The molecule has 6 heteroatoms. The first-order valence-corrected chi connectivity index (χ1v) is 6.42. The lowest BCUT2D eigenvalue weighted by atomic mass is 10.0. The Labute approximate surface area is 92.3 Å². The number of halogens is 1. The zero-order chi connectivity index (χ0) is 9.90. The topological polar surface area (TPSA) is 58.2 Å². The van der Waals surface area contributed by atoms with Gasteiger partial charge in [-0.1, -0.05) is 0 Å². The number of piperidine rings is 1. The molecule has 0 spiro atoms. The lowest BCUT2D eigenvalue weighted by Crippen LogP contribution is -2.46. The van der Waals surface area contributed by atoms with Gasteiger partial charge in [-0.2, -0.15) is 0 Å². The molecule has 0 radical (unpaired) electrons. The molecule has 0 aromatic rings. The monoisotopic (exact) mass is 242 g/mol. The third-order valence-corrected chi connectivity index (χ3v) is 3.80. The zero-order valence-corrected chi connectivity index (χ0v) is 10.2. The average molecular weight is 243 g/mol. The van der Waals surface area contributed by atoms with Crippen molar-refractivity contribution < 1.29 is 8.42 Å². The third-order valence-electron chi connectivity index (χ3n) is 2.35. The first-order chi connectivity index (χ1) is 6.03. The molecule has 1 rings (SSSR count). The highest BCUT2D eigenvalue weighted by molar-refractivity contribution is 7.89. The molecule has 14 heavy (non-hydrogen) atoms. The predicted octanol–water partition coefficient (Wildman–Crippen LogP) is 0.488. The summed E-state index contributed by atoms with van der Waals surface area (Å²) in [6.45, 7) is 4.64. The van der Waals surface area contributed by atoms with Gasteiger partial charge in [0.25, 0.3) is 0 Å². The van der Waals surface area contributed by atoms with Crippen LogP contribution in [0.15, 0.2) is 0 Å². The first-order valence-electron chi connectivity index (χ1n) is 4.77. The molecule has 0 amide bonds. The van der Waals surface area contributed by atoms with Crippen molar-refractivity contribution in [2.75, 3.05) is 12.3 Å². The molecule has 2 atom stereocenters. The van der Waals surface area contributed by atoms with Crippen molar-refractivity contribution in [3.05, 3.63) is 0 Å². The first kappa shape index (κ1) is 14.2. The molecule has 1 fully saturated rings. The minimum atomic E-state index is -3.02. The van der Waals surface area contributed by atoms with Crippen LogP contribution in [0.5, 0.6) is 0 Å². The van der Waals surface area contributed by atoms with Gasteiger partial charge in [0, 0.05) is 12.1 Å². The van der Waals surface area contributed by atoms with Crippen molar-refractivity contribution in [2.24, 2.45) is 0 Å². The van der Waals surface area contributed by atoms with Gasteiger partial charge in [-0.3, -0.25) is 0 Å². The van der Waals surface area contributed by atoms with Crippen molar-refractivity contribution in [3.63, 3.8) is 0 Å². The summed E-state index contributed by atoms with van der Waals surface area (Å²) in [4.78, 5) is 0. The molecule has 2 N–H and O–H groups in total. The maximum absolute atomic E-state index is 11.2. The number of hydrogen-bond donors (Lipinski definition) is 2. The van der Waals surface area contributed by atoms with Crippen LogP contribution in [0, 0.1) is 0 Å². The lowest BCUT2D eigenvalue weighted by molar-refractivity contribution is 0.361. The van der Waals surface area contributed by atoms with Gasteiger partial charge in [-0.25, -0.2) is 13.1 Å². The van der Waals surface area contributed by atoms with Crippen LogP contribution in [0.1, 0.15) is 26.7 Å². The van der Waals surface area contributed by atoms with Gasteiger partial charge >= 0.3 is 0 Å². The fourth-order valence-corrected chi connectivity index (χ4v) is 2.46. The summed E-state index contributed by atoms with van der Waals surface area (Å²) in [5.74, 6) is 0.172. The van der Waals surface area contributed by atoms with E-state index in [9.17, 15) is 8.42 Å². The van der Waals surface area contributed by atoms with Crippen molar-refractivity contribution in [2.45, 2.75) is 38.8 Å². The summed E-state index contributed by atoms with van der Waals surface area (Å²) in [7, 11) is -3.02. The van der Waals surface area contributed by atoms with E-state index < -0.39 is 10.0 Å². The molecule has 4 nitrogen and oxygen atoms in total. The van der Waals surface area contributed by atoms with Crippen LogP contribution in [-0.2, 0) is 10.0 Å². The van der Waals surface area contributed by atoms with E-state index >= 15 is 0 Å². The highest BCUT2D eigenvalue weighted by Crippen LogP contribution is 2.09. The lowest BCUT2D eigenvalue weighted by Gasteiger charge is -2.28. The second-order valence-corrected chi connectivity index (χ2v) is 5.64. The molecule has 86 valence electrons. The van der Waals surface area contributed by atoms with Crippen LogP contribution in [0.4, 0.5) is 0 Å². The predicted molar refractivity (Wildman–Crippen MR) is 60.3 cm³/mol. The maximum atomic E-state index is 11.2. The molecule has 2 unspecified atom stereocenters. The molecule has 0 aromatic carbocycles. The normalized spacial score (nSPS) is 28.1. The molecule has 0 bridgehead atoms. The number of nitrogens with one attached hydrogen (secondary N) is 2. The fourth-order valence-electron chi connectivity index (χ4n) is 1.58. The summed E-state index contributed by atoms with van der Waals surface area (Å²) < 4.78 is 25.2. The fraction of sp³-hybridized carbons (Fsp3) is 1.00. The Morgan fingerprint density at radius 1 is 1.50 bits per heavy atom. The third kappa shape index (κ3) is 4.59. The van der Waals surface area contributed by atoms with Crippen LogP contribution in [0.2, 0.25) is 0 Å². The molecule has 1 heterocycles. The molecule has 1 aliphatic rings. The number of rotatable bonds is 3. The molecule has 0 aromatic heterocycles. The van der Waals surface area contributed by atoms with E-state index in [1.807, 2.05) is 0 Å². The van der Waals surface area contributed by atoms with Gasteiger partial charge in [-0.15, -0.1) is 12.4 Å². The summed E-state index contributed by atoms with van der Waals surface area (Å²) in [6.07, 6.45) is 1.78. The Morgan fingerprint density at radius 3 is 2.64 bits per heavy atom. The van der Waals surface area contributed by atoms with Crippen LogP contribution in [0.25, 0.3) is 0 Å². The Kier molecular flexibility index (Phi) is 5.97. The van der Waals surface area contributed by atoms with E-state index in [4.69, 9.17) is 0 Å². The summed E-state index contributed by atoms with van der Waals surface area (Å²) in [6, 6.07) is 0.541. The van der Waals surface area contributed by atoms with Crippen molar-refractivity contribution >= 4 is 22.4 Å². The minimum absolute atomic E-state index is 0. The van der Waals surface area contributed by atoms with Gasteiger partial charge in [0.2, 0.25) is 10.0 Å². The van der Waals surface area contributed by atoms with E-state index in [0.717, 1.165) is 19.4 Å². The van der Waals surface area contributed by atoms with Crippen LogP contribution >= 0.6 is 12.4 Å². The van der Waals surface area contributed by atoms with Crippen molar-refractivity contribution in [3.8, 4) is 0 Å². The highest BCUT2D eigenvalue weighted by atomic mass is 35.5. The van der Waals surface area contributed by atoms with Crippen molar-refractivity contribution in [1.29, 1.82) is 0 Å². The largest absolute Gasteiger partial charge is 0.314 e. The molecule has 1 saturated heterocycles. The minimum Gasteiger partial charge on any atom is -0.314 e. The summed E-state index contributed by atoms with van der Waals surface area (Å²) in [5, 5.41) is 3.28. The van der Waals surface area contributed by atoms with Crippen molar-refractivity contribution in [1.82, 2.24) is 10.0 Å². The standard InChI is InChI=1S/C8H18N2O2S.ClH/c1-3-13(11,12)10-8-4-5-9-7(2)6-8;/h7-10H,3-6H2,1-2H3;1H. The molecule has 0 saturated carbocycles. The Hall–Kier alpha value is 0.160. The van der Waals surface area contributed by atoms with Gasteiger partial charge < -0.3 is 5.32 Å². The van der Waals surface area contributed by atoms with E-state index in [0.29, 0.717) is 6.04 Å². The van der Waals surface area contributed by atoms with E-state index in [1.165, 1.54) is 0 Å². The van der Waals surface area contributed by atoms with Crippen LogP contribution < -0.4 is 10.0 Å². The second-order valence-electron chi connectivity index (χ2n) is 3.60. The van der Waals surface area contributed by atoms with E-state index in [-0.39, 0.29) is 24.2 Å². The van der Waals surface area contributed by atoms with Crippen LogP contribution in [-0.4, -0.2) is 32.8 Å². The van der Waals surface area contributed by atoms with E-state index in [1.54, 1.807) is 6.92 Å². The smallest absolute Gasteiger partial charge is 0.211 e. The van der Waals surface area contributed by atoms with Gasteiger partial charge in [0.15, 0.2) is 0 Å². The highest BCUT2D eigenvalue weighted by Gasteiger charge is 2.21. The molecular formula is C8H19ClN2O2S. The SMILES string of the molecule is CCS(=O)(=O)NC1CCNC(C)C1.Cl. The summed E-state index contributed by atoms with van der Waals surface area (Å²) in [5.41, 5.74) is 0.